The quantitative estimate of drug-likeness (QED) is 0.606. The lowest BCUT2D eigenvalue weighted by molar-refractivity contribution is -0.125. The summed E-state index contributed by atoms with van der Waals surface area (Å²) in [6, 6.07) is 0. The van der Waals surface area contributed by atoms with E-state index in [1.54, 1.807) is 4.68 Å². The maximum atomic E-state index is 12.5. The Morgan fingerprint density at radius 2 is 1.93 bits per heavy atom. The molecule has 0 aromatic carbocycles. The number of halogens is 1. The number of nitrogens with one attached hydrogen (secondary N) is 3. The number of aromatic nitrogens is 2. The van der Waals surface area contributed by atoms with Gasteiger partial charge in [-0.1, -0.05) is 19.3 Å². The van der Waals surface area contributed by atoms with Crippen molar-refractivity contribution in [1.29, 1.82) is 0 Å². The maximum Gasteiger partial charge on any atom is 0.225 e. The van der Waals surface area contributed by atoms with E-state index in [9.17, 15) is 9.59 Å². The van der Waals surface area contributed by atoms with Crippen molar-refractivity contribution >= 4 is 24.2 Å². The van der Waals surface area contributed by atoms with Crippen LogP contribution in [0.15, 0.2) is 12.4 Å². The first-order valence-electron chi connectivity index (χ1n) is 9.87. The van der Waals surface area contributed by atoms with Gasteiger partial charge >= 0.3 is 0 Å². The molecule has 152 valence electrons. The van der Waals surface area contributed by atoms with E-state index in [1.807, 2.05) is 19.4 Å². The molecule has 7 nitrogen and oxygen atoms in total. The smallest absolute Gasteiger partial charge is 0.225 e. The largest absolute Gasteiger partial charge is 0.354 e. The Labute approximate surface area is 167 Å². The molecule has 2 fully saturated rings. The second-order valence-electron chi connectivity index (χ2n) is 7.67. The van der Waals surface area contributed by atoms with Crippen molar-refractivity contribution in [3.05, 3.63) is 18.0 Å². The van der Waals surface area contributed by atoms with Gasteiger partial charge in [0.15, 0.2) is 0 Å². The Balaban J connectivity index is 0.00000261. The summed E-state index contributed by atoms with van der Waals surface area (Å²) in [5.41, 5.74) is 1.10. The fourth-order valence-corrected chi connectivity index (χ4v) is 4.18. The summed E-state index contributed by atoms with van der Waals surface area (Å²) in [5, 5.41) is 13.4. The van der Waals surface area contributed by atoms with Crippen LogP contribution >= 0.6 is 12.4 Å². The van der Waals surface area contributed by atoms with Gasteiger partial charge in [-0.25, -0.2) is 0 Å². The first-order valence-corrected chi connectivity index (χ1v) is 9.87. The minimum atomic E-state index is -0.0860. The average Bonchev–Trinajstić information content (AvgIpc) is 3.28. The SMILES string of the molecule is Cl.Cn1cc([C@H]2CNC[C@@H]2C(=O)NCCNC(=O)CC2CCCCC2)cn1. The van der Waals surface area contributed by atoms with Gasteiger partial charge in [-0.15, -0.1) is 12.4 Å². The van der Waals surface area contributed by atoms with Crippen molar-refractivity contribution < 1.29 is 9.59 Å². The highest BCUT2D eigenvalue weighted by Crippen LogP contribution is 2.28. The number of aryl methyl sites for hydroxylation is 1. The molecule has 1 saturated heterocycles. The predicted molar refractivity (Wildman–Crippen MR) is 107 cm³/mol. The fraction of sp³-hybridized carbons (Fsp3) is 0.737. The van der Waals surface area contributed by atoms with Crippen LogP contribution in [-0.4, -0.2) is 47.8 Å². The molecule has 3 N–H and O–H groups in total. The summed E-state index contributed by atoms with van der Waals surface area (Å²) in [7, 11) is 1.89. The summed E-state index contributed by atoms with van der Waals surface area (Å²) in [4.78, 5) is 24.5. The Morgan fingerprint density at radius 1 is 1.19 bits per heavy atom. The number of carbonyl (C=O) groups is 2. The van der Waals surface area contributed by atoms with Crippen LogP contribution in [0.3, 0.4) is 0 Å². The van der Waals surface area contributed by atoms with Gasteiger partial charge < -0.3 is 16.0 Å². The normalized spacial score (nSPS) is 22.9. The molecule has 0 spiro atoms. The van der Waals surface area contributed by atoms with E-state index in [1.165, 1.54) is 32.1 Å². The predicted octanol–water partition coefficient (Wildman–Crippen LogP) is 1.35. The Morgan fingerprint density at radius 3 is 2.63 bits per heavy atom. The van der Waals surface area contributed by atoms with E-state index in [0.29, 0.717) is 32.0 Å². The number of rotatable bonds is 7. The van der Waals surface area contributed by atoms with Gasteiger partial charge in [-0.2, -0.15) is 5.10 Å². The minimum absolute atomic E-state index is 0. The van der Waals surface area contributed by atoms with Crippen LogP contribution < -0.4 is 16.0 Å². The van der Waals surface area contributed by atoms with Crippen molar-refractivity contribution in [2.45, 2.75) is 44.4 Å². The molecule has 0 radical (unpaired) electrons. The van der Waals surface area contributed by atoms with Crippen molar-refractivity contribution in [2.24, 2.45) is 18.9 Å². The zero-order chi connectivity index (χ0) is 18.4. The summed E-state index contributed by atoms with van der Waals surface area (Å²) in [6.45, 7) is 2.45. The van der Waals surface area contributed by atoms with E-state index < -0.39 is 0 Å². The molecule has 1 aromatic heterocycles. The zero-order valence-corrected chi connectivity index (χ0v) is 16.9. The van der Waals surface area contributed by atoms with Gasteiger partial charge in [-0.3, -0.25) is 14.3 Å². The highest BCUT2D eigenvalue weighted by atomic mass is 35.5. The van der Waals surface area contributed by atoms with E-state index >= 15 is 0 Å². The van der Waals surface area contributed by atoms with E-state index in [-0.39, 0.29) is 36.1 Å². The molecule has 0 unspecified atom stereocenters. The second kappa shape index (κ2) is 10.7. The molecule has 0 bridgehead atoms. The molecule has 1 aliphatic heterocycles. The van der Waals surface area contributed by atoms with Crippen LogP contribution in [0.2, 0.25) is 0 Å². The number of carbonyl (C=O) groups excluding carboxylic acids is 2. The fourth-order valence-electron chi connectivity index (χ4n) is 4.18. The third-order valence-corrected chi connectivity index (χ3v) is 5.65. The zero-order valence-electron chi connectivity index (χ0n) is 16.1. The van der Waals surface area contributed by atoms with Crippen LogP contribution in [0.4, 0.5) is 0 Å². The van der Waals surface area contributed by atoms with Crippen molar-refractivity contribution in [1.82, 2.24) is 25.7 Å². The monoisotopic (exact) mass is 397 g/mol. The molecule has 2 atom stereocenters. The molecule has 2 heterocycles. The van der Waals surface area contributed by atoms with Gasteiger partial charge in [0.25, 0.3) is 0 Å². The first kappa shape index (κ1) is 21.7. The van der Waals surface area contributed by atoms with E-state index in [0.717, 1.165) is 12.1 Å². The topological polar surface area (TPSA) is 88.0 Å². The van der Waals surface area contributed by atoms with Crippen molar-refractivity contribution in [3.63, 3.8) is 0 Å². The molecule has 1 aliphatic carbocycles. The third-order valence-electron chi connectivity index (χ3n) is 5.65. The Bertz CT molecular complexity index is 615. The molecule has 1 saturated carbocycles. The lowest BCUT2D eigenvalue weighted by Crippen LogP contribution is -2.39. The lowest BCUT2D eigenvalue weighted by Gasteiger charge is -2.21. The van der Waals surface area contributed by atoms with Gasteiger partial charge in [0.05, 0.1) is 12.1 Å². The third kappa shape index (κ3) is 6.21. The molecule has 3 rings (SSSR count). The standard InChI is InChI=1S/C19H31N5O2.ClH/c1-24-13-15(10-23-24)16-11-20-12-17(16)19(26)22-8-7-21-18(25)9-14-5-3-2-4-6-14;/h10,13-14,16-17,20H,2-9,11-12H2,1H3,(H,21,25)(H,22,26);1H/t16-,17+;/m1./s1. The van der Waals surface area contributed by atoms with E-state index in [4.69, 9.17) is 0 Å². The Hall–Kier alpha value is -1.60. The highest BCUT2D eigenvalue weighted by molar-refractivity contribution is 5.85. The van der Waals surface area contributed by atoms with Crippen LogP contribution in [0.25, 0.3) is 0 Å². The maximum absolute atomic E-state index is 12.5. The Kier molecular flexibility index (Phi) is 8.57. The number of amides is 2. The lowest BCUT2D eigenvalue weighted by atomic mass is 9.87. The van der Waals surface area contributed by atoms with Crippen LogP contribution in [-0.2, 0) is 16.6 Å². The summed E-state index contributed by atoms with van der Waals surface area (Å²) >= 11 is 0. The van der Waals surface area contributed by atoms with Gasteiger partial charge in [0.1, 0.15) is 0 Å². The molecule has 2 aliphatic rings. The summed E-state index contributed by atoms with van der Waals surface area (Å²) in [6.07, 6.45) is 10.6. The van der Waals surface area contributed by atoms with Gasteiger partial charge in [-0.05, 0) is 24.3 Å². The molecule has 2 amide bonds. The molecule has 1 aromatic rings. The highest BCUT2D eigenvalue weighted by Gasteiger charge is 2.34. The molecule has 8 heteroatoms. The van der Waals surface area contributed by atoms with Crippen LogP contribution in [0.5, 0.6) is 0 Å². The van der Waals surface area contributed by atoms with E-state index in [2.05, 4.69) is 21.0 Å². The van der Waals surface area contributed by atoms with Crippen LogP contribution in [0, 0.1) is 11.8 Å². The number of hydrogen-bond donors (Lipinski definition) is 3. The van der Waals surface area contributed by atoms with Crippen molar-refractivity contribution in [2.75, 3.05) is 26.2 Å². The molecular formula is C19H32ClN5O2. The number of nitrogens with zero attached hydrogens (tertiary/aromatic N) is 2. The number of hydrogen-bond acceptors (Lipinski definition) is 4. The molecule has 27 heavy (non-hydrogen) atoms. The second-order valence-corrected chi connectivity index (χ2v) is 7.67. The average molecular weight is 398 g/mol. The summed E-state index contributed by atoms with van der Waals surface area (Å²) in [5.74, 6) is 0.775. The van der Waals surface area contributed by atoms with Crippen LogP contribution in [0.1, 0.15) is 50.0 Å². The van der Waals surface area contributed by atoms with Gasteiger partial charge in [0, 0.05) is 51.8 Å². The van der Waals surface area contributed by atoms with Crippen molar-refractivity contribution in [3.8, 4) is 0 Å². The first-order chi connectivity index (χ1) is 12.6. The molecular weight excluding hydrogens is 366 g/mol. The van der Waals surface area contributed by atoms with Gasteiger partial charge in [0.2, 0.25) is 11.8 Å². The minimum Gasteiger partial charge on any atom is -0.354 e. The summed E-state index contributed by atoms with van der Waals surface area (Å²) < 4.78 is 1.77.